The molecule has 0 saturated carbocycles. The van der Waals surface area contributed by atoms with Crippen LogP contribution >= 0.6 is 0 Å². The predicted molar refractivity (Wildman–Crippen MR) is 107 cm³/mol. The Morgan fingerprint density at radius 2 is 1.64 bits per heavy atom. The first-order valence-electron chi connectivity index (χ1n) is 9.51. The SMILES string of the molecule is NC(=O)Cc1ccc(NC(=O)[C@H]2CCCN(C(=O)Cc3ccccc3)C2)cc1. The van der Waals surface area contributed by atoms with Gasteiger partial charge in [-0.25, -0.2) is 0 Å². The van der Waals surface area contributed by atoms with E-state index in [1.807, 2.05) is 30.3 Å². The van der Waals surface area contributed by atoms with Gasteiger partial charge in [0.1, 0.15) is 0 Å². The third-order valence-electron chi connectivity index (χ3n) is 4.94. The number of nitrogens with two attached hydrogens (primary N) is 1. The number of rotatable bonds is 6. The molecule has 3 rings (SSSR count). The molecule has 0 aromatic heterocycles. The van der Waals surface area contributed by atoms with E-state index in [0.29, 0.717) is 25.2 Å². The molecule has 0 unspecified atom stereocenters. The maximum atomic E-state index is 12.6. The van der Waals surface area contributed by atoms with Crippen LogP contribution in [0.25, 0.3) is 0 Å². The molecule has 0 aliphatic carbocycles. The van der Waals surface area contributed by atoms with Gasteiger partial charge in [-0.15, -0.1) is 0 Å². The largest absolute Gasteiger partial charge is 0.369 e. The molecule has 1 aliphatic rings. The normalized spacial score (nSPS) is 16.4. The van der Waals surface area contributed by atoms with Gasteiger partial charge < -0.3 is 16.0 Å². The molecular formula is C22H25N3O3. The minimum atomic E-state index is -0.390. The molecule has 2 aromatic rings. The number of carbonyl (C=O) groups excluding carboxylic acids is 3. The number of amides is 3. The first kappa shape index (κ1) is 19.6. The summed E-state index contributed by atoms with van der Waals surface area (Å²) in [5.74, 6) is -0.641. The first-order valence-corrected chi connectivity index (χ1v) is 9.51. The van der Waals surface area contributed by atoms with Crippen molar-refractivity contribution in [1.29, 1.82) is 0 Å². The third kappa shape index (κ3) is 5.42. The lowest BCUT2D eigenvalue weighted by molar-refractivity contribution is -0.134. The van der Waals surface area contributed by atoms with Crippen LogP contribution in [0.5, 0.6) is 0 Å². The maximum Gasteiger partial charge on any atom is 0.229 e. The molecule has 0 bridgehead atoms. The summed E-state index contributed by atoms with van der Waals surface area (Å²) in [6.45, 7) is 1.13. The number of hydrogen-bond donors (Lipinski definition) is 2. The molecule has 1 fully saturated rings. The highest BCUT2D eigenvalue weighted by Crippen LogP contribution is 2.20. The Morgan fingerprint density at radius 3 is 2.32 bits per heavy atom. The van der Waals surface area contributed by atoms with Gasteiger partial charge in [0.05, 0.1) is 18.8 Å². The number of piperidine rings is 1. The molecule has 3 amide bonds. The highest BCUT2D eigenvalue weighted by molar-refractivity contribution is 5.93. The molecule has 1 aliphatic heterocycles. The second-order valence-electron chi connectivity index (χ2n) is 7.17. The molecule has 0 radical (unpaired) electrons. The highest BCUT2D eigenvalue weighted by Gasteiger charge is 2.28. The smallest absolute Gasteiger partial charge is 0.229 e. The molecule has 6 heteroatoms. The summed E-state index contributed by atoms with van der Waals surface area (Å²) in [6, 6.07) is 16.7. The summed E-state index contributed by atoms with van der Waals surface area (Å²) in [5.41, 5.74) is 7.65. The lowest BCUT2D eigenvalue weighted by Gasteiger charge is -2.32. The summed E-state index contributed by atoms with van der Waals surface area (Å²) in [6.07, 6.45) is 2.11. The fourth-order valence-corrected chi connectivity index (χ4v) is 3.45. The van der Waals surface area contributed by atoms with Gasteiger partial charge in [-0.05, 0) is 36.1 Å². The minimum absolute atomic E-state index is 0.0551. The molecule has 1 atom stereocenters. The maximum absolute atomic E-state index is 12.6. The zero-order chi connectivity index (χ0) is 19.9. The summed E-state index contributed by atoms with van der Waals surface area (Å²) in [7, 11) is 0. The van der Waals surface area contributed by atoms with Gasteiger partial charge >= 0.3 is 0 Å². The summed E-state index contributed by atoms with van der Waals surface area (Å²) in [5, 5.41) is 2.91. The van der Waals surface area contributed by atoms with Crippen molar-refractivity contribution >= 4 is 23.4 Å². The van der Waals surface area contributed by atoms with Gasteiger partial charge in [0.15, 0.2) is 0 Å². The first-order chi connectivity index (χ1) is 13.5. The average Bonchev–Trinajstić information content (AvgIpc) is 2.70. The van der Waals surface area contributed by atoms with E-state index in [4.69, 9.17) is 5.73 Å². The Bertz CT molecular complexity index is 834. The van der Waals surface area contributed by atoms with Crippen molar-refractivity contribution in [2.75, 3.05) is 18.4 Å². The van der Waals surface area contributed by atoms with E-state index in [0.717, 1.165) is 24.0 Å². The van der Waals surface area contributed by atoms with Gasteiger partial charge in [0.2, 0.25) is 17.7 Å². The van der Waals surface area contributed by atoms with Crippen molar-refractivity contribution in [2.45, 2.75) is 25.7 Å². The van der Waals surface area contributed by atoms with Crippen molar-refractivity contribution < 1.29 is 14.4 Å². The van der Waals surface area contributed by atoms with Crippen molar-refractivity contribution in [3.05, 3.63) is 65.7 Å². The zero-order valence-corrected chi connectivity index (χ0v) is 15.8. The Labute approximate surface area is 164 Å². The third-order valence-corrected chi connectivity index (χ3v) is 4.94. The molecule has 1 saturated heterocycles. The van der Waals surface area contributed by atoms with Crippen LogP contribution in [0.4, 0.5) is 5.69 Å². The van der Waals surface area contributed by atoms with E-state index in [-0.39, 0.29) is 30.1 Å². The minimum Gasteiger partial charge on any atom is -0.369 e. The van der Waals surface area contributed by atoms with E-state index < -0.39 is 0 Å². The number of anilines is 1. The molecule has 3 N–H and O–H groups in total. The lowest BCUT2D eigenvalue weighted by atomic mass is 9.96. The van der Waals surface area contributed by atoms with E-state index >= 15 is 0 Å². The Kier molecular flexibility index (Phi) is 6.42. The lowest BCUT2D eigenvalue weighted by Crippen LogP contribution is -2.44. The topological polar surface area (TPSA) is 92.5 Å². The number of nitrogens with zero attached hydrogens (tertiary/aromatic N) is 1. The standard InChI is InChI=1S/C22H25N3O3/c23-20(26)13-17-8-10-19(11-9-17)24-22(28)18-7-4-12-25(15-18)21(27)14-16-5-2-1-3-6-16/h1-3,5-6,8-11,18H,4,7,12-15H2,(H2,23,26)(H,24,28)/t18-/m0/s1. The number of nitrogens with one attached hydrogen (secondary N) is 1. The number of primary amides is 1. The van der Waals surface area contributed by atoms with Gasteiger partial charge in [0.25, 0.3) is 0 Å². The van der Waals surface area contributed by atoms with E-state index in [1.54, 1.807) is 29.2 Å². The molecule has 2 aromatic carbocycles. The van der Waals surface area contributed by atoms with Crippen LogP contribution in [-0.2, 0) is 27.2 Å². The van der Waals surface area contributed by atoms with E-state index in [9.17, 15) is 14.4 Å². The summed E-state index contributed by atoms with van der Waals surface area (Å²) < 4.78 is 0. The number of benzene rings is 2. The fourth-order valence-electron chi connectivity index (χ4n) is 3.45. The highest BCUT2D eigenvalue weighted by atomic mass is 16.2. The zero-order valence-electron chi connectivity index (χ0n) is 15.8. The Morgan fingerprint density at radius 1 is 0.964 bits per heavy atom. The molecule has 146 valence electrons. The van der Waals surface area contributed by atoms with Crippen molar-refractivity contribution in [3.8, 4) is 0 Å². The van der Waals surface area contributed by atoms with Crippen LogP contribution < -0.4 is 11.1 Å². The second-order valence-corrected chi connectivity index (χ2v) is 7.17. The van der Waals surface area contributed by atoms with Crippen LogP contribution in [0.3, 0.4) is 0 Å². The molecule has 1 heterocycles. The van der Waals surface area contributed by atoms with Crippen LogP contribution in [0.1, 0.15) is 24.0 Å². The monoisotopic (exact) mass is 379 g/mol. The Hall–Kier alpha value is -3.15. The quantitative estimate of drug-likeness (QED) is 0.805. The second kappa shape index (κ2) is 9.17. The summed E-state index contributed by atoms with van der Waals surface area (Å²) >= 11 is 0. The molecule has 0 spiro atoms. The van der Waals surface area contributed by atoms with Gasteiger partial charge in [-0.1, -0.05) is 42.5 Å². The summed E-state index contributed by atoms with van der Waals surface area (Å²) in [4.78, 5) is 38.0. The van der Waals surface area contributed by atoms with Crippen LogP contribution in [0, 0.1) is 5.92 Å². The predicted octanol–water partition coefficient (Wildman–Crippen LogP) is 2.13. The number of hydrogen-bond acceptors (Lipinski definition) is 3. The average molecular weight is 379 g/mol. The van der Waals surface area contributed by atoms with Crippen molar-refractivity contribution in [2.24, 2.45) is 11.7 Å². The van der Waals surface area contributed by atoms with Crippen molar-refractivity contribution in [1.82, 2.24) is 4.90 Å². The van der Waals surface area contributed by atoms with Crippen LogP contribution in [0.2, 0.25) is 0 Å². The molecule has 28 heavy (non-hydrogen) atoms. The van der Waals surface area contributed by atoms with Gasteiger partial charge in [-0.2, -0.15) is 0 Å². The Balaban J connectivity index is 1.55. The van der Waals surface area contributed by atoms with E-state index in [1.165, 1.54) is 0 Å². The number of likely N-dealkylation sites (tertiary alicyclic amines) is 1. The van der Waals surface area contributed by atoms with Gasteiger partial charge in [-0.3, -0.25) is 14.4 Å². The van der Waals surface area contributed by atoms with E-state index in [2.05, 4.69) is 5.32 Å². The molecule has 6 nitrogen and oxygen atoms in total. The fraction of sp³-hybridized carbons (Fsp3) is 0.318. The van der Waals surface area contributed by atoms with Crippen LogP contribution in [0.15, 0.2) is 54.6 Å². The van der Waals surface area contributed by atoms with Gasteiger partial charge in [0, 0.05) is 18.8 Å². The van der Waals surface area contributed by atoms with Crippen LogP contribution in [-0.4, -0.2) is 35.7 Å². The molecular weight excluding hydrogens is 354 g/mol. The number of carbonyl (C=O) groups is 3. The van der Waals surface area contributed by atoms with Crippen molar-refractivity contribution in [3.63, 3.8) is 0 Å².